The lowest BCUT2D eigenvalue weighted by atomic mass is 10.0. The molecule has 0 unspecified atom stereocenters. The van der Waals surface area contributed by atoms with Crippen LogP contribution < -0.4 is 5.32 Å². The molecule has 22 heavy (non-hydrogen) atoms. The van der Waals surface area contributed by atoms with E-state index in [1.807, 2.05) is 32.0 Å². The molecule has 1 fully saturated rings. The standard InChI is InChI=1S/C17H23NO4/c1-12-5-6-14(8-13(12)2)9-17(20)22-11-16(19)18-10-15-4-3-7-21-15/h5-6,8,15H,3-4,7,9-11H2,1-2H3,(H,18,19)/t15-/m1/s1. The topological polar surface area (TPSA) is 64.6 Å². The summed E-state index contributed by atoms with van der Waals surface area (Å²) in [7, 11) is 0. The van der Waals surface area contributed by atoms with Gasteiger partial charge in [-0.1, -0.05) is 18.2 Å². The molecule has 120 valence electrons. The Morgan fingerprint density at radius 1 is 1.32 bits per heavy atom. The fraction of sp³-hybridized carbons (Fsp3) is 0.529. The first kappa shape index (κ1) is 16.5. The molecule has 1 aromatic rings. The molecule has 1 aromatic carbocycles. The number of hydrogen-bond acceptors (Lipinski definition) is 4. The van der Waals surface area contributed by atoms with Crippen LogP contribution in [0.15, 0.2) is 18.2 Å². The smallest absolute Gasteiger partial charge is 0.310 e. The molecule has 0 aliphatic carbocycles. The maximum atomic E-state index is 11.7. The van der Waals surface area contributed by atoms with E-state index in [1.54, 1.807) is 0 Å². The van der Waals surface area contributed by atoms with Gasteiger partial charge in [-0.25, -0.2) is 0 Å². The van der Waals surface area contributed by atoms with Gasteiger partial charge in [-0.15, -0.1) is 0 Å². The van der Waals surface area contributed by atoms with Crippen LogP contribution in [0.3, 0.4) is 0 Å². The minimum atomic E-state index is -0.393. The lowest BCUT2D eigenvalue weighted by molar-refractivity contribution is -0.148. The van der Waals surface area contributed by atoms with Gasteiger partial charge in [0.1, 0.15) is 0 Å². The third-order valence-corrected chi connectivity index (χ3v) is 3.83. The van der Waals surface area contributed by atoms with E-state index in [2.05, 4.69) is 5.32 Å². The van der Waals surface area contributed by atoms with E-state index in [-0.39, 0.29) is 25.0 Å². The van der Waals surface area contributed by atoms with Crippen LogP contribution in [0.25, 0.3) is 0 Å². The first-order chi connectivity index (χ1) is 10.5. The molecule has 0 radical (unpaired) electrons. The van der Waals surface area contributed by atoms with Crippen molar-refractivity contribution in [2.75, 3.05) is 19.8 Å². The van der Waals surface area contributed by atoms with Gasteiger partial charge in [0.05, 0.1) is 12.5 Å². The lowest BCUT2D eigenvalue weighted by Crippen LogP contribution is -2.35. The van der Waals surface area contributed by atoms with E-state index in [0.717, 1.165) is 30.6 Å². The second-order valence-corrected chi connectivity index (χ2v) is 5.70. The molecule has 5 nitrogen and oxygen atoms in total. The summed E-state index contributed by atoms with van der Waals surface area (Å²) in [6, 6.07) is 5.85. The van der Waals surface area contributed by atoms with E-state index in [1.165, 1.54) is 5.56 Å². The summed E-state index contributed by atoms with van der Waals surface area (Å²) in [6.45, 7) is 5.02. The minimum absolute atomic E-state index is 0.0928. The lowest BCUT2D eigenvalue weighted by Gasteiger charge is -2.11. The largest absolute Gasteiger partial charge is 0.455 e. The van der Waals surface area contributed by atoms with Crippen molar-refractivity contribution in [1.82, 2.24) is 5.32 Å². The Balaban J connectivity index is 1.68. The Labute approximate surface area is 131 Å². The van der Waals surface area contributed by atoms with Crippen molar-refractivity contribution in [1.29, 1.82) is 0 Å². The van der Waals surface area contributed by atoms with Gasteiger partial charge in [-0.2, -0.15) is 0 Å². The first-order valence-electron chi connectivity index (χ1n) is 7.64. The summed E-state index contributed by atoms with van der Waals surface area (Å²) in [5.74, 6) is -0.681. The fourth-order valence-corrected chi connectivity index (χ4v) is 2.36. The highest BCUT2D eigenvalue weighted by Crippen LogP contribution is 2.11. The average molecular weight is 305 g/mol. The van der Waals surface area contributed by atoms with Gasteiger partial charge in [-0.05, 0) is 43.4 Å². The molecule has 0 saturated carbocycles. The second kappa shape index (κ2) is 7.94. The molecule has 0 spiro atoms. The Bertz CT molecular complexity index is 535. The minimum Gasteiger partial charge on any atom is -0.455 e. The summed E-state index contributed by atoms with van der Waals surface area (Å²) in [5.41, 5.74) is 3.22. The zero-order chi connectivity index (χ0) is 15.9. The summed E-state index contributed by atoms with van der Waals surface area (Å²) in [6.07, 6.45) is 2.27. The van der Waals surface area contributed by atoms with Gasteiger partial charge in [0, 0.05) is 13.2 Å². The van der Waals surface area contributed by atoms with Crippen LogP contribution in [-0.2, 0) is 25.5 Å². The van der Waals surface area contributed by atoms with E-state index in [9.17, 15) is 9.59 Å². The molecule has 1 heterocycles. The van der Waals surface area contributed by atoms with Gasteiger partial charge in [0.2, 0.25) is 0 Å². The van der Waals surface area contributed by atoms with Crippen LogP contribution in [0, 0.1) is 13.8 Å². The molecule has 0 bridgehead atoms. The number of rotatable bonds is 6. The fourth-order valence-electron chi connectivity index (χ4n) is 2.36. The summed E-state index contributed by atoms with van der Waals surface area (Å²) in [5, 5.41) is 2.72. The van der Waals surface area contributed by atoms with Gasteiger partial charge < -0.3 is 14.8 Å². The quantitative estimate of drug-likeness (QED) is 0.812. The van der Waals surface area contributed by atoms with Crippen LogP contribution in [0.4, 0.5) is 0 Å². The van der Waals surface area contributed by atoms with E-state index < -0.39 is 5.97 Å². The molecular weight excluding hydrogens is 282 g/mol. The molecule has 1 aliphatic rings. The number of aryl methyl sites for hydroxylation is 2. The summed E-state index contributed by atoms with van der Waals surface area (Å²) in [4.78, 5) is 23.4. The number of ether oxygens (including phenoxy) is 2. The Morgan fingerprint density at radius 2 is 2.14 bits per heavy atom. The van der Waals surface area contributed by atoms with Crippen LogP contribution in [0.2, 0.25) is 0 Å². The highest BCUT2D eigenvalue weighted by molar-refractivity contribution is 5.81. The van der Waals surface area contributed by atoms with E-state index in [4.69, 9.17) is 9.47 Å². The predicted octanol–water partition coefficient (Wildman–Crippen LogP) is 1.68. The Morgan fingerprint density at radius 3 is 2.82 bits per heavy atom. The van der Waals surface area contributed by atoms with Gasteiger partial charge >= 0.3 is 5.97 Å². The van der Waals surface area contributed by atoms with Crippen molar-refractivity contribution in [3.63, 3.8) is 0 Å². The van der Waals surface area contributed by atoms with Crippen LogP contribution in [0.5, 0.6) is 0 Å². The van der Waals surface area contributed by atoms with Gasteiger partial charge in [0.25, 0.3) is 5.91 Å². The predicted molar refractivity (Wildman–Crippen MR) is 82.6 cm³/mol. The molecule has 0 aromatic heterocycles. The molecule has 2 rings (SSSR count). The number of benzene rings is 1. The Hall–Kier alpha value is -1.88. The maximum absolute atomic E-state index is 11.7. The van der Waals surface area contributed by atoms with Crippen molar-refractivity contribution >= 4 is 11.9 Å². The molecule has 1 aliphatic heterocycles. The van der Waals surface area contributed by atoms with Crippen molar-refractivity contribution in [2.45, 2.75) is 39.2 Å². The zero-order valence-electron chi connectivity index (χ0n) is 13.2. The third kappa shape index (κ3) is 5.15. The summed E-state index contributed by atoms with van der Waals surface area (Å²) < 4.78 is 10.4. The molecule has 1 amide bonds. The van der Waals surface area contributed by atoms with Gasteiger partial charge in [-0.3, -0.25) is 9.59 Å². The second-order valence-electron chi connectivity index (χ2n) is 5.70. The Kier molecular flexibility index (Phi) is 5.95. The SMILES string of the molecule is Cc1ccc(CC(=O)OCC(=O)NC[C@H]2CCCO2)cc1C. The number of carbonyl (C=O) groups excluding carboxylic acids is 2. The molecule has 5 heteroatoms. The average Bonchev–Trinajstić information content (AvgIpc) is 3.00. The first-order valence-corrected chi connectivity index (χ1v) is 7.64. The van der Waals surface area contributed by atoms with Crippen molar-refractivity contribution in [2.24, 2.45) is 0 Å². The van der Waals surface area contributed by atoms with E-state index >= 15 is 0 Å². The van der Waals surface area contributed by atoms with Crippen molar-refractivity contribution in [3.05, 3.63) is 34.9 Å². The highest BCUT2D eigenvalue weighted by atomic mass is 16.5. The number of esters is 1. The highest BCUT2D eigenvalue weighted by Gasteiger charge is 2.16. The van der Waals surface area contributed by atoms with Crippen LogP contribution in [0.1, 0.15) is 29.5 Å². The number of carbonyl (C=O) groups is 2. The molecule has 1 saturated heterocycles. The maximum Gasteiger partial charge on any atom is 0.310 e. The van der Waals surface area contributed by atoms with Crippen LogP contribution in [-0.4, -0.2) is 37.7 Å². The van der Waals surface area contributed by atoms with Crippen molar-refractivity contribution in [3.8, 4) is 0 Å². The third-order valence-electron chi connectivity index (χ3n) is 3.83. The molecule has 1 N–H and O–H groups in total. The van der Waals surface area contributed by atoms with Crippen LogP contribution >= 0.6 is 0 Å². The number of amides is 1. The zero-order valence-corrected chi connectivity index (χ0v) is 13.2. The number of hydrogen-bond donors (Lipinski definition) is 1. The molecule has 1 atom stereocenters. The van der Waals surface area contributed by atoms with E-state index in [0.29, 0.717) is 6.54 Å². The number of nitrogens with one attached hydrogen (secondary N) is 1. The molecular formula is C17H23NO4. The van der Waals surface area contributed by atoms with Gasteiger partial charge in [0.15, 0.2) is 6.61 Å². The summed E-state index contributed by atoms with van der Waals surface area (Å²) >= 11 is 0. The van der Waals surface area contributed by atoms with Crippen molar-refractivity contribution < 1.29 is 19.1 Å². The monoisotopic (exact) mass is 305 g/mol. The normalized spacial score (nSPS) is 17.3.